The second-order valence-corrected chi connectivity index (χ2v) is 8.56. The van der Waals surface area contributed by atoms with Gasteiger partial charge in [-0.15, -0.1) is 0 Å². The smallest absolute Gasteiger partial charge is 0.345 e. The van der Waals surface area contributed by atoms with E-state index in [1.807, 2.05) is 6.92 Å². The molecule has 0 atom stereocenters. The van der Waals surface area contributed by atoms with Crippen LogP contribution in [-0.4, -0.2) is 30.9 Å². The van der Waals surface area contributed by atoms with E-state index in [-0.39, 0.29) is 27.7 Å². The summed E-state index contributed by atoms with van der Waals surface area (Å²) in [7, 11) is 1.37. The van der Waals surface area contributed by atoms with E-state index in [1.54, 1.807) is 24.3 Å². The van der Waals surface area contributed by atoms with Gasteiger partial charge in [-0.1, -0.05) is 47.0 Å². The monoisotopic (exact) mass is 524 g/mol. The third kappa shape index (κ3) is 5.10. The molecule has 0 unspecified atom stereocenters. The zero-order valence-corrected chi connectivity index (χ0v) is 20.5. The quantitative estimate of drug-likeness (QED) is 0.213. The molecule has 3 aromatic rings. The first-order valence-corrected chi connectivity index (χ1v) is 11.3. The Kier molecular flexibility index (Phi) is 7.10. The maximum Gasteiger partial charge on any atom is 0.345 e. The van der Waals surface area contributed by atoms with Crippen LogP contribution in [0.25, 0.3) is 6.08 Å². The van der Waals surface area contributed by atoms with Gasteiger partial charge in [0.05, 0.1) is 23.4 Å². The van der Waals surface area contributed by atoms with E-state index >= 15 is 0 Å². The first-order valence-electron chi connectivity index (χ1n) is 10.5. The largest absolute Gasteiger partial charge is 0.493 e. The van der Waals surface area contributed by atoms with Crippen molar-refractivity contribution in [3.05, 3.63) is 93.0 Å². The molecule has 3 aromatic carbocycles. The van der Waals surface area contributed by atoms with Crippen molar-refractivity contribution in [3.63, 3.8) is 0 Å². The molecule has 0 spiro atoms. The number of halogens is 2. The van der Waals surface area contributed by atoms with E-state index < -0.39 is 23.8 Å². The molecule has 0 aromatic heterocycles. The molecule has 4 rings (SSSR count). The highest BCUT2D eigenvalue weighted by molar-refractivity contribution is 6.39. The number of imide groups is 2. The van der Waals surface area contributed by atoms with E-state index in [1.165, 1.54) is 49.6 Å². The van der Waals surface area contributed by atoms with Crippen LogP contribution in [0.4, 0.5) is 10.5 Å². The number of esters is 1. The lowest BCUT2D eigenvalue weighted by atomic mass is 10.1. The Labute approximate surface area is 216 Å². The number of benzene rings is 3. The van der Waals surface area contributed by atoms with Gasteiger partial charge in [0, 0.05) is 5.02 Å². The zero-order chi connectivity index (χ0) is 26.0. The molecule has 8 nitrogen and oxygen atoms in total. The van der Waals surface area contributed by atoms with Crippen molar-refractivity contribution in [2.75, 3.05) is 12.0 Å². The Balaban J connectivity index is 1.62. The molecule has 1 aliphatic heterocycles. The average Bonchev–Trinajstić information content (AvgIpc) is 2.83. The van der Waals surface area contributed by atoms with Gasteiger partial charge in [-0.25, -0.2) is 14.5 Å². The van der Waals surface area contributed by atoms with Crippen LogP contribution in [-0.2, 0) is 9.59 Å². The van der Waals surface area contributed by atoms with Gasteiger partial charge < -0.3 is 9.47 Å². The Morgan fingerprint density at radius 1 is 0.944 bits per heavy atom. The van der Waals surface area contributed by atoms with Crippen LogP contribution < -0.4 is 19.7 Å². The Morgan fingerprint density at radius 3 is 2.33 bits per heavy atom. The molecule has 0 bridgehead atoms. The minimum atomic E-state index is -0.841. The van der Waals surface area contributed by atoms with Gasteiger partial charge in [0.15, 0.2) is 11.5 Å². The van der Waals surface area contributed by atoms with Crippen molar-refractivity contribution in [1.29, 1.82) is 0 Å². The molecule has 4 amide bonds. The van der Waals surface area contributed by atoms with Crippen molar-refractivity contribution in [2.24, 2.45) is 0 Å². The minimum Gasteiger partial charge on any atom is -0.493 e. The predicted molar refractivity (Wildman–Crippen MR) is 135 cm³/mol. The Morgan fingerprint density at radius 2 is 1.67 bits per heavy atom. The first kappa shape index (κ1) is 25.0. The number of urea groups is 1. The standard InChI is InChI=1S/C26H18Cl2N2O6/c1-14-3-7-17(8-4-14)30-24(32)19(23(31)29-26(30)34)11-15-5-10-21(22(12-15)35-2)36-25(33)18-9-6-16(27)13-20(18)28/h3-13H,1-2H3,(H,29,31,34)/b19-11+. The van der Waals surface area contributed by atoms with Crippen LogP contribution >= 0.6 is 23.2 Å². The number of aryl methyl sites for hydroxylation is 1. The fourth-order valence-electron chi connectivity index (χ4n) is 3.42. The molecule has 1 N–H and O–H groups in total. The molecule has 1 fully saturated rings. The summed E-state index contributed by atoms with van der Waals surface area (Å²) >= 11 is 11.9. The molecule has 1 saturated heterocycles. The fourth-order valence-corrected chi connectivity index (χ4v) is 3.91. The van der Waals surface area contributed by atoms with Crippen LogP contribution in [0.2, 0.25) is 10.0 Å². The first-order chi connectivity index (χ1) is 17.2. The Hall–Kier alpha value is -4.14. The number of carbonyl (C=O) groups excluding carboxylic acids is 4. The molecular formula is C26H18Cl2N2O6. The van der Waals surface area contributed by atoms with Crippen LogP contribution in [0, 0.1) is 6.92 Å². The lowest BCUT2D eigenvalue weighted by Crippen LogP contribution is -2.54. The summed E-state index contributed by atoms with van der Waals surface area (Å²) in [5.74, 6) is -2.08. The number of carbonyl (C=O) groups is 4. The molecule has 182 valence electrons. The van der Waals surface area contributed by atoms with Crippen LogP contribution in [0.15, 0.2) is 66.2 Å². The summed E-state index contributed by atoms with van der Waals surface area (Å²) in [6.07, 6.45) is 1.31. The number of hydrogen-bond acceptors (Lipinski definition) is 6. The fraction of sp³-hybridized carbons (Fsp3) is 0.0769. The van der Waals surface area contributed by atoms with Gasteiger partial charge in [-0.2, -0.15) is 0 Å². The summed E-state index contributed by atoms with van der Waals surface area (Å²) in [6, 6.07) is 14.7. The minimum absolute atomic E-state index is 0.0894. The van der Waals surface area contributed by atoms with Crippen molar-refractivity contribution >= 4 is 58.8 Å². The van der Waals surface area contributed by atoms with Crippen LogP contribution in [0.5, 0.6) is 11.5 Å². The maximum atomic E-state index is 13.1. The van der Waals surface area contributed by atoms with E-state index in [0.717, 1.165) is 10.5 Å². The highest BCUT2D eigenvalue weighted by Gasteiger charge is 2.36. The number of barbiturate groups is 1. The van der Waals surface area contributed by atoms with Gasteiger partial charge in [0.2, 0.25) is 0 Å². The average molecular weight is 525 g/mol. The number of rotatable bonds is 5. The normalized spacial score (nSPS) is 14.6. The van der Waals surface area contributed by atoms with Crippen molar-refractivity contribution < 1.29 is 28.7 Å². The molecular weight excluding hydrogens is 507 g/mol. The second kappa shape index (κ2) is 10.2. The SMILES string of the molecule is COc1cc(/C=C2\C(=O)NC(=O)N(c3ccc(C)cc3)C2=O)ccc1OC(=O)c1ccc(Cl)cc1Cl. The molecule has 0 aliphatic carbocycles. The van der Waals surface area contributed by atoms with Crippen LogP contribution in [0.1, 0.15) is 21.5 Å². The molecule has 36 heavy (non-hydrogen) atoms. The summed E-state index contributed by atoms with van der Waals surface area (Å²) in [4.78, 5) is 51.4. The van der Waals surface area contributed by atoms with Gasteiger partial charge in [0.25, 0.3) is 11.8 Å². The third-order valence-electron chi connectivity index (χ3n) is 5.25. The van der Waals surface area contributed by atoms with Gasteiger partial charge in [0.1, 0.15) is 5.57 Å². The van der Waals surface area contributed by atoms with E-state index in [2.05, 4.69) is 5.32 Å². The van der Waals surface area contributed by atoms with Crippen molar-refractivity contribution in [3.8, 4) is 11.5 Å². The van der Waals surface area contributed by atoms with Gasteiger partial charge in [-0.3, -0.25) is 14.9 Å². The number of methoxy groups -OCH3 is 1. The maximum absolute atomic E-state index is 13.1. The molecule has 10 heteroatoms. The number of nitrogens with zero attached hydrogens (tertiary/aromatic N) is 1. The highest BCUT2D eigenvalue weighted by Crippen LogP contribution is 2.31. The number of amides is 4. The molecule has 1 heterocycles. The topological polar surface area (TPSA) is 102 Å². The second-order valence-electron chi connectivity index (χ2n) is 7.72. The van der Waals surface area contributed by atoms with E-state index in [0.29, 0.717) is 16.3 Å². The molecule has 1 aliphatic rings. The lowest BCUT2D eigenvalue weighted by molar-refractivity contribution is -0.122. The number of anilines is 1. The molecule has 0 radical (unpaired) electrons. The highest BCUT2D eigenvalue weighted by atomic mass is 35.5. The predicted octanol–water partition coefficient (Wildman–Crippen LogP) is 5.20. The number of nitrogens with one attached hydrogen (secondary N) is 1. The van der Waals surface area contributed by atoms with E-state index in [9.17, 15) is 19.2 Å². The van der Waals surface area contributed by atoms with Gasteiger partial charge >= 0.3 is 12.0 Å². The summed E-state index contributed by atoms with van der Waals surface area (Å²) in [6.45, 7) is 1.87. The van der Waals surface area contributed by atoms with Crippen molar-refractivity contribution in [2.45, 2.75) is 6.92 Å². The van der Waals surface area contributed by atoms with Crippen LogP contribution in [0.3, 0.4) is 0 Å². The summed E-state index contributed by atoms with van der Waals surface area (Å²) < 4.78 is 10.7. The number of ether oxygens (including phenoxy) is 2. The molecule has 0 saturated carbocycles. The number of hydrogen-bond donors (Lipinski definition) is 1. The third-order valence-corrected chi connectivity index (χ3v) is 5.79. The zero-order valence-electron chi connectivity index (χ0n) is 19.0. The Bertz CT molecular complexity index is 1430. The van der Waals surface area contributed by atoms with Gasteiger partial charge in [-0.05, 0) is 61.0 Å². The lowest BCUT2D eigenvalue weighted by Gasteiger charge is -2.26. The van der Waals surface area contributed by atoms with E-state index in [4.69, 9.17) is 32.7 Å². The summed E-state index contributed by atoms with van der Waals surface area (Å²) in [5.41, 5.74) is 1.52. The van der Waals surface area contributed by atoms with Crippen molar-refractivity contribution in [1.82, 2.24) is 5.32 Å². The summed E-state index contributed by atoms with van der Waals surface area (Å²) in [5, 5.41) is 2.67.